The molecule has 3 aromatic rings. The van der Waals surface area contributed by atoms with Gasteiger partial charge in [-0.25, -0.2) is 4.98 Å². The Labute approximate surface area is 190 Å². The van der Waals surface area contributed by atoms with Crippen molar-refractivity contribution in [3.63, 3.8) is 0 Å². The maximum Gasteiger partial charge on any atom is 0.228 e. The van der Waals surface area contributed by atoms with Gasteiger partial charge in [-0.3, -0.25) is 14.7 Å². The molecular formula is C26H33N5O. The summed E-state index contributed by atoms with van der Waals surface area (Å²) in [5.74, 6) is 1.22. The van der Waals surface area contributed by atoms with Crippen LogP contribution in [0.2, 0.25) is 0 Å². The van der Waals surface area contributed by atoms with E-state index in [-0.39, 0.29) is 11.9 Å². The highest BCUT2D eigenvalue weighted by Crippen LogP contribution is 2.36. The molecule has 32 heavy (non-hydrogen) atoms. The molecule has 168 valence electrons. The zero-order chi connectivity index (χ0) is 22.6. The zero-order valence-corrected chi connectivity index (χ0v) is 19.3. The molecule has 1 amide bonds. The van der Waals surface area contributed by atoms with E-state index in [2.05, 4.69) is 55.9 Å². The molecule has 0 aliphatic carbocycles. The van der Waals surface area contributed by atoms with Crippen molar-refractivity contribution in [2.75, 3.05) is 13.1 Å². The van der Waals surface area contributed by atoms with Gasteiger partial charge in [-0.05, 0) is 69.0 Å². The monoisotopic (exact) mass is 431 g/mol. The number of amides is 1. The van der Waals surface area contributed by atoms with Crippen LogP contribution in [0.3, 0.4) is 0 Å². The van der Waals surface area contributed by atoms with Crippen molar-refractivity contribution in [3.05, 3.63) is 72.6 Å². The SMILES string of the molecule is CCn1ccnc1CN1CC[C@](Cc2ccc(-c3ccncc3)cc2)(C(=O)NC(C)C)C1. The molecule has 1 fully saturated rings. The second kappa shape index (κ2) is 9.65. The molecule has 1 saturated heterocycles. The van der Waals surface area contributed by atoms with Gasteiger partial charge in [0.25, 0.3) is 0 Å². The summed E-state index contributed by atoms with van der Waals surface area (Å²) >= 11 is 0. The molecule has 0 unspecified atom stereocenters. The number of benzene rings is 1. The number of hydrogen-bond donors (Lipinski definition) is 1. The standard InChI is InChI=1S/C26H33N5O/c1-4-31-16-14-28-24(31)18-30-15-11-26(19-30,25(32)29-20(2)3)17-21-5-7-22(8-6-21)23-9-12-27-13-10-23/h5-10,12-14,16,20H,4,11,15,17-19H2,1-3H3,(H,29,32)/t26-/m1/s1. The fraction of sp³-hybridized carbons (Fsp3) is 0.423. The molecule has 1 aliphatic heterocycles. The van der Waals surface area contributed by atoms with E-state index >= 15 is 0 Å². The van der Waals surface area contributed by atoms with Crippen LogP contribution in [0.1, 0.15) is 38.6 Å². The van der Waals surface area contributed by atoms with Crippen LogP contribution in [0.25, 0.3) is 11.1 Å². The minimum absolute atomic E-state index is 0.126. The quantitative estimate of drug-likeness (QED) is 0.587. The van der Waals surface area contributed by atoms with E-state index in [0.717, 1.165) is 56.0 Å². The Morgan fingerprint density at radius 3 is 2.50 bits per heavy atom. The first-order valence-corrected chi connectivity index (χ1v) is 11.5. The van der Waals surface area contributed by atoms with Crippen molar-refractivity contribution < 1.29 is 4.79 Å². The van der Waals surface area contributed by atoms with E-state index in [9.17, 15) is 4.79 Å². The van der Waals surface area contributed by atoms with Crippen molar-refractivity contribution >= 4 is 5.91 Å². The van der Waals surface area contributed by atoms with E-state index in [1.165, 1.54) is 5.56 Å². The maximum atomic E-state index is 13.4. The van der Waals surface area contributed by atoms with Gasteiger partial charge in [-0.15, -0.1) is 0 Å². The molecule has 0 bridgehead atoms. The van der Waals surface area contributed by atoms with Crippen molar-refractivity contribution in [3.8, 4) is 11.1 Å². The van der Waals surface area contributed by atoms with Crippen LogP contribution < -0.4 is 5.32 Å². The average molecular weight is 432 g/mol. The molecular weight excluding hydrogens is 398 g/mol. The highest BCUT2D eigenvalue weighted by Gasteiger charge is 2.44. The Kier molecular flexibility index (Phi) is 6.70. The highest BCUT2D eigenvalue weighted by molar-refractivity contribution is 5.84. The molecule has 3 heterocycles. The summed E-state index contributed by atoms with van der Waals surface area (Å²) in [6.07, 6.45) is 9.09. The zero-order valence-electron chi connectivity index (χ0n) is 19.3. The number of rotatable bonds is 8. The number of nitrogens with zero attached hydrogens (tertiary/aromatic N) is 4. The van der Waals surface area contributed by atoms with Gasteiger partial charge in [0.1, 0.15) is 5.82 Å². The molecule has 0 spiro atoms. The van der Waals surface area contributed by atoms with Crippen LogP contribution in [0.15, 0.2) is 61.2 Å². The van der Waals surface area contributed by atoms with Crippen molar-refractivity contribution in [2.24, 2.45) is 5.41 Å². The summed E-state index contributed by atoms with van der Waals surface area (Å²) in [5.41, 5.74) is 3.08. The molecule has 1 aromatic carbocycles. The Morgan fingerprint density at radius 2 is 1.81 bits per heavy atom. The van der Waals surface area contributed by atoms with Gasteiger partial charge < -0.3 is 9.88 Å². The maximum absolute atomic E-state index is 13.4. The number of likely N-dealkylation sites (tertiary alicyclic amines) is 1. The fourth-order valence-corrected chi connectivity index (χ4v) is 4.65. The smallest absolute Gasteiger partial charge is 0.228 e. The van der Waals surface area contributed by atoms with Crippen molar-refractivity contribution in [1.82, 2.24) is 24.8 Å². The Bertz CT molecular complexity index is 1030. The predicted molar refractivity (Wildman–Crippen MR) is 127 cm³/mol. The van der Waals surface area contributed by atoms with Crippen molar-refractivity contribution in [1.29, 1.82) is 0 Å². The second-order valence-electron chi connectivity index (χ2n) is 9.11. The molecule has 1 atom stereocenters. The summed E-state index contributed by atoms with van der Waals surface area (Å²) in [6.45, 7) is 9.51. The predicted octanol–water partition coefficient (Wildman–Crippen LogP) is 3.92. The van der Waals surface area contributed by atoms with Gasteiger partial charge in [0.05, 0.1) is 12.0 Å². The molecule has 0 radical (unpaired) electrons. The first-order valence-electron chi connectivity index (χ1n) is 11.5. The number of aromatic nitrogens is 3. The first kappa shape index (κ1) is 22.2. The van der Waals surface area contributed by atoms with E-state index in [4.69, 9.17) is 0 Å². The summed E-state index contributed by atoms with van der Waals surface area (Å²) in [6, 6.07) is 12.8. The summed E-state index contributed by atoms with van der Waals surface area (Å²) in [5, 5.41) is 3.19. The van der Waals surface area contributed by atoms with E-state index < -0.39 is 5.41 Å². The van der Waals surface area contributed by atoms with Crippen LogP contribution in [-0.2, 0) is 24.3 Å². The number of pyridine rings is 1. The lowest BCUT2D eigenvalue weighted by molar-refractivity contribution is -0.131. The Balaban J connectivity index is 1.52. The van der Waals surface area contributed by atoms with Crippen molar-refractivity contribution in [2.45, 2.75) is 52.7 Å². The topological polar surface area (TPSA) is 63.1 Å². The molecule has 6 heteroatoms. The largest absolute Gasteiger partial charge is 0.353 e. The minimum Gasteiger partial charge on any atom is -0.353 e. The second-order valence-corrected chi connectivity index (χ2v) is 9.11. The molecule has 6 nitrogen and oxygen atoms in total. The highest BCUT2D eigenvalue weighted by atomic mass is 16.2. The van der Waals surface area contributed by atoms with E-state index in [0.29, 0.717) is 0 Å². The van der Waals surface area contributed by atoms with Crippen LogP contribution >= 0.6 is 0 Å². The molecule has 4 rings (SSSR count). The molecule has 2 aromatic heterocycles. The van der Waals surface area contributed by atoms with Gasteiger partial charge in [-0.1, -0.05) is 24.3 Å². The van der Waals surface area contributed by atoms with Crippen LogP contribution in [0.4, 0.5) is 0 Å². The number of carbonyl (C=O) groups is 1. The number of carbonyl (C=O) groups excluding carboxylic acids is 1. The number of imidazole rings is 1. The Morgan fingerprint density at radius 1 is 1.09 bits per heavy atom. The van der Waals surface area contributed by atoms with Gasteiger partial charge in [0, 0.05) is 43.9 Å². The van der Waals surface area contributed by atoms with Crippen LogP contribution in [0.5, 0.6) is 0 Å². The Hall–Kier alpha value is -2.99. The van der Waals surface area contributed by atoms with Gasteiger partial charge >= 0.3 is 0 Å². The van der Waals surface area contributed by atoms with Crippen LogP contribution in [0, 0.1) is 5.41 Å². The third-order valence-electron chi connectivity index (χ3n) is 6.35. The fourth-order valence-electron chi connectivity index (χ4n) is 4.65. The number of aryl methyl sites for hydroxylation is 1. The lowest BCUT2D eigenvalue weighted by Gasteiger charge is -2.29. The number of nitrogens with one attached hydrogen (secondary N) is 1. The average Bonchev–Trinajstić information content (AvgIpc) is 3.42. The van der Waals surface area contributed by atoms with Crippen LogP contribution in [-0.4, -0.2) is 44.5 Å². The molecule has 1 N–H and O–H groups in total. The lowest BCUT2D eigenvalue weighted by atomic mass is 9.79. The van der Waals surface area contributed by atoms with Gasteiger partial charge in [0.2, 0.25) is 5.91 Å². The molecule has 1 aliphatic rings. The third kappa shape index (κ3) is 4.91. The third-order valence-corrected chi connectivity index (χ3v) is 6.35. The van der Waals surface area contributed by atoms with Gasteiger partial charge in [-0.2, -0.15) is 0 Å². The normalized spacial score (nSPS) is 18.9. The summed E-state index contributed by atoms with van der Waals surface area (Å²) in [7, 11) is 0. The van der Waals surface area contributed by atoms with E-state index in [1.54, 1.807) is 0 Å². The number of hydrogen-bond acceptors (Lipinski definition) is 4. The summed E-state index contributed by atoms with van der Waals surface area (Å²) in [4.78, 5) is 24.4. The minimum atomic E-state index is -0.425. The molecule has 0 saturated carbocycles. The first-order chi connectivity index (χ1) is 15.5. The summed E-state index contributed by atoms with van der Waals surface area (Å²) < 4.78 is 2.17. The lowest BCUT2D eigenvalue weighted by Crippen LogP contribution is -2.46. The van der Waals surface area contributed by atoms with Gasteiger partial charge in [0.15, 0.2) is 0 Å². The van der Waals surface area contributed by atoms with E-state index in [1.807, 2.05) is 50.8 Å².